The van der Waals surface area contributed by atoms with Crippen LogP contribution >= 0.6 is 0 Å². The third kappa shape index (κ3) is 2.81. The maximum atomic E-state index is 12.7. The number of fused-ring (bicyclic) bond motifs is 1. The van der Waals surface area contributed by atoms with E-state index >= 15 is 0 Å². The first kappa shape index (κ1) is 15.9. The number of nitrogens with zero attached hydrogens (tertiary/aromatic N) is 5. The van der Waals surface area contributed by atoms with Crippen LogP contribution in [0.5, 0.6) is 0 Å². The van der Waals surface area contributed by atoms with Gasteiger partial charge in [0.05, 0.1) is 11.3 Å². The van der Waals surface area contributed by atoms with E-state index < -0.39 is 0 Å². The van der Waals surface area contributed by atoms with Crippen molar-refractivity contribution in [2.24, 2.45) is 0 Å². The van der Waals surface area contributed by atoms with Gasteiger partial charge >= 0.3 is 0 Å². The predicted molar refractivity (Wildman–Crippen MR) is 95.3 cm³/mol. The minimum absolute atomic E-state index is 0.0240. The van der Waals surface area contributed by atoms with E-state index in [1.807, 2.05) is 18.2 Å². The minimum Gasteiger partial charge on any atom is -0.322 e. The summed E-state index contributed by atoms with van der Waals surface area (Å²) < 4.78 is 1.45. The summed E-state index contributed by atoms with van der Waals surface area (Å²) in [5.41, 5.74) is 3.70. The molecule has 0 radical (unpaired) electrons. The van der Waals surface area contributed by atoms with Crippen LogP contribution in [0.15, 0.2) is 48.8 Å². The highest BCUT2D eigenvalue weighted by Gasteiger charge is 2.22. The van der Waals surface area contributed by atoms with Crippen molar-refractivity contribution in [3.05, 3.63) is 59.9 Å². The molecule has 0 unspecified atom stereocenters. The fourth-order valence-electron chi connectivity index (χ4n) is 3.14. The molecule has 0 bridgehead atoms. The first-order valence-electron chi connectivity index (χ1n) is 8.18. The van der Waals surface area contributed by atoms with Crippen molar-refractivity contribution in [2.75, 3.05) is 16.8 Å². The molecule has 0 saturated heterocycles. The SMILES string of the molecule is CC(=O)N1CCc2cc(NC(=O)c3ccccc3-n3cnnn3)ccc21. The van der Waals surface area contributed by atoms with E-state index in [9.17, 15) is 9.59 Å². The van der Waals surface area contributed by atoms with Crippen molar-refractivity contribution in [1.82, 2.24) is 20.2 Å². The van der Waals surface area contributed by atoms with Gasteiger partial charge in [-0.3, -0.25) is 9.59 Å². The van der Waals surface area contributed by atoms with Crippen molar-refractivity contribution >= 4 is 23.2 Å². The Hall–Kier alpha value is -3.55. The molecule has 2 amide bonds. The summed E-state index contributed by atoms with van der Waals surface area (Å²) in [4.78, 5) is 26.1. The Balaban J connectivity index is 1.60. The number of nitrogens with one attached hydrogen (secondary N) is 1. The van der Waals surface area contributed by atoms with Crippen LogP contribution in [0.25, 0.3) is 5.69 Å². The van der Waals surface area contributed by atoms with E-state index in [4.69, 9.17) is 0 Å². The summed E-state index contributed by atoms with van der Waals surface area (Å²) in [5.74, 6) is -0.228. The highest BCUT2D eigenvalue weighted by atomic mass is 16.2. The van der Waals surface area contributed by atoms with Crippen LogP contribution in [-0.4, -0.2) is 38.6 Å². The topological polar surface area (TPSA) is 93.0 Å². The molecule has 3 aromatic rings. The summed E-state index contributed by atoms with van der Waals surface area (Å²) in [6, 6.07) is 12.7. The Bertz CT molecular complexity index is 983. The van der Waals surface area contributed by atoms with Gasteiger partial charge in [-0.25, -0.2) is 0 Å². The first-order chi connectivity index (χ1) is 12.6. The number of rotatable bonds is 3. The summed E-state index contributed by atoms with van der Waals surface area (Å²) in [6.45, 7) is 2.23. The van der Waals surface area contributed by atoms with E-state index in [-0.39, 0.29) is 11.8 Å². The average Bonchev–Trinajstić information content (AvgIpc) is 3.31. The number of aromatic nitrogens is 4. The van der Waals surface area contributed by atoms with Crippen LogP contribution in [0.4, 0.5) is 11.4 Å². The highest BCUT2D eigenvalue weighted by molar-refractivity contribution is 6.07. The Morgan fingerprint density at radius 1 is 1.12 bits per heavy atom. The number of anilines is 2. The molecular weight excluding hydrogens is 332 g/mol. The Morgan fingerprint density at radius 2 is 1.96 bits per heavy atom. The summed E-state index contributed by atoms with van der Waals surface area (Å²) >= 11 is 0. The Morgan fingerprint density at radius 3 is 2.73 bits per heavy atom. The summed E-state index contributed by atoms with van der Waals surface area (Å²) in [6.07, 6.45) is 2.22. The van der Waals surface area contributed by atoms with Crippen molar-refractivity contribution in [1.29, 1.82) is 0 Å². The number of hydrogen-bond donors (Lipinski definition) is 1. The molecule has 8 nitrogen and oxygen atoms in total. The number of amides is 2. The zero-order valence-electron chi connectivity index (χ0n) is 14.1. The van der Waals surface area contributed by atoms with Gasteiger partial charge in [-0.15, -0.1) is 5.10 Å². The molecule has 0 saturated carbocycles. The molecule has 130 valence electrons. The van der Waals surface area contributed by atoms with Gasteiger partial charge in [0.2, 0.25) is 5.91 Å². The monoisotopic (exact) mass is 348 g/mol. The average molecular weight is 348 g/mol. The zero-order valence-corrected chi connectivity index (χ0v) is 14.1. The Kier molecular flexibility index (Phi) is 3.92. The fourth-order valence-corrected chi connectivity index (χ4v) is 3.14. The molecule has 2 heterocycles. The number of hydrogen-bond acceptors (Lipinski definition) is 5. The molecule has 0 fully saturated rings. The molecule has 0 spiro atoms. The molecule has 1 aromatic heterocycles. The quantitative estimate of drug-likeness (QED) is 0.779. The summed E-state index contributed by atoms with van der Waals surface area (Å²) in [5, 5.41) is 14.0. The largest absolute Gasteiger partial charge is 0.322 e. The maximum Gasteiger partial charge on any atom is 0.257 e. The van der Waals surface area contributed by atoms with E-state index in [0.717, 1.165) is 17.7 Å². The standard InChI is InChI=1S/C18H16N6O2/c1-12(25)23-9-8-13-10-14(6-7-16(13)23)20-18(26)15-4-2-3-5-17(15)24-11-19-21-22-24/h2-7,10-11H,8-9H2,1H3,(H,20,26). The van der Waals surface area contributed by atoms with Gasteiger partial charge in [-0.1, -0.05) is 12.1 Å². The van der Waals surface area contributed by atoms with Crippen LogP contribution in [-0.2, 0) is 11.2 Å². The molecule has 0 atom stereocenters. The second-order valence-corrected chi connectivity index (χ2v) is 5.99. The van der Waals surface area contributed by atoms with Crippen LogP contribution in [0.3, 0.4) is 0 Å². The van der Waals surface area contributed by atoms with Crippen LogP contribution in [0, 0.1) is 0 Å². The molecule has 0 aliphatic carbocycles. The lowest BCUT2D eigenvalue weighted by molar-refractivity contribution is -0.116. The smallest absolute Gasteiger partial charge is 0.257 e. The maximum absolute atomic E-state index is 12.7. The van der Waals surface area contributed by atoms with Crippen molar-refractivity contribution in [3.63, 3.8) is 0 Å². The molecule has 4 rings (SSSR count). The third-order valence-electron chi connectivity index (χ3n) is 4.36. The molecule has 26 heavy (non-hydrogen) atoms. The molecule has 8 heteroatoms. The predicted octanol–water partition coefficient (Wildman–Crippen LogP) is 1.82. The first-order valence-corrected chi connectivity index (χ1v) is 8.18. The minimum atomic E-state index is -0.252. The van der Waals surface area contributed by atoms with E-state index in [2.05, 4.69) is 20.8 Å². The highest BCUT2D eigenvalue weighted by Crippen LogP contribution is 2.30. The number of benzene rings is 2. The van der Waals surface area contributed by atoms with E-state index in [1.54, 1.807) is 36.1 Å². The van der Waals surface area contributed by atoms with Gasteiger partial charge in [0.25, 0.3) is 5.91 Å². The number of para-hydroxylation sites is 1. The normalized spacial score (nSPS) is 12.7. The van der Waals surface area contributed by atoms with Gasteiger partial charge in [0, 0.05) is 24.8 Å². The zero-order chi connectivity index (χ0) is 18.1. The van der Waals surface area contributed by atoms with Crippen molar-refractivity contribution < 1.29 is 9.59 Å². The van der Waals surface area contributed by atoms with Crippen LogP contribution in [0.2, 0.25) is 0 Å². The molecule has 1 aliphatic rings. The summed E-state index contributed by atoms with van der Waals surface area (Å²) in [7, 11) is 0. The van der Waals surface area contributed by atoms with Gasteiger partial charge in [0.15, 0.2) is 0 Å². The molecule has 1 N–H and O–H groups in total. The molecular formula is C18H16N6O2. The van der Waals surface area contributed by atoms with Gasteiger partial charge in [-0.05, 0) is 52.7 Å². The number of tetrazole rings is 1. The second-order valence-electron chi connectivity index (χ2n) is 5.99. The second kappa shape index (κ2) is 6.40. The lowest BCUT2D eigenvalue weighted by Crippen LogP contribution is -2.25. The molecule has 1 aliphatic heterocycles. The van der Waals surface area contributed by atoms with Crippen LogP contribution < -0.4 is 10.2 Å². The number of carbonyl (C=O) groups excluding carboxylic acids is 2. The van der Waals surface area contributed by atoms with E-state index in [0.29, 0.717) is 23.5 Å². The van der Waals surface area contributed by atoms with Gasteiger partial charge in [-0.2, -0.15) is 4.68 Å². The Labute approximate surface area is 149 Å². The van der Waals surface area contributed by atoms with E-state index in [1.165, 1.54) is 11.0 Å². The van der Waals surface area contributed by atoms with Crippen molar-refractivity contribution in [2.45, 2.75) is 13.3 Å². The van der Waals surface area contributed by atoms with Gasteiger partial charge < -0.3 is 10.2 Å². The van der Waals surface area contributed by atoms with Gasteiger partial charge in [0.1, 0.15) is 6.33 Å². The lowest BCUT2D eigenvalue weighted by Gasteiger charge is -2.15. The fraction of sp³-hybridized carbons (Fsp3) is 0.167. The molecule has 2 aromatic carbocycles. The number of carbonyl (C=O) groups is 2. The third-order valence-corrected chi connectivity index (χ3v) is 4.36. The lowest BCUT2D eigenvalue weighted by atomic mass is 10.1. The van der Waals surface area contributed by atoms with Crippen LogP contribution in [0.1, 0.15) is 22.8 Å². The van der Waals surface area contributed by atoms with Crippen molar-refractivity contribution in [3.8, 4) is 5.69 Å².